The third-order valence-corrected chi connectivity index (χ3v) is 4.63. The van der Waals surface area contributed by atoms with Crippen molar-refractivity contribution in [2.75, 3.05) is 0 Å². The summed E-state index contributed by atoms with van der Waals surface area (Å²) in [6.45, 7) is 4.53. The molecule has 3 heterocycles. The Kier molecular flexibility index (Phi) is 3.04. The smallest absolute Gasteiger partial charge is 0.206 e. The van der Waals surface area contributed by atoms with Crippen LogP contribution in [0.25, 0.3) is 22.5 Å². The minimum Gasteiger partial charge on any atom is -0.275 e. The number of pyridine rings is 1. The van der Waals surface area contributed by atoms with Gasteiger partial charge in [-0.1, -0.05) is 13.8 Å². The minimum atomic E-state index is 0.0837. The maximum absolute atomic E-state index is 4.77. The molecular weight excluding hydrogens is 290 g/mol. The van der Waals surface area contributed by atoms with Crippen molar-refractivity contribution >= 4 is 0 Å². The van der Waals surface area contributed by atoms with E-state index in [1.165, 1.54) is 11.3 Å². The third kappa shape index (κ3) is 2.23. The molecule has 3 aromatic heterocycles. The van der Waals surface area contributed by atoms with Crippen molar-refractivity contribution in [3.63, 3.8) is 0 Å². The summed E-state index contributed by atoms with van der Waals surface area (Å²) in [5.41, 5.74) is 5.66. The molecule has 0 aromatic carbocycles. The van der Waals surface area contributed by atoms with Crippen molar-refractivity contribution in [3.8, 4) is 22.5 Å². The number of aryl methyl sites for hydroxylation is 1. The van der Waals surface area contributed by atoms with Crippen molar-refractivity contribution in [2.45, 2.75) is 38.5 Å². The highest BCUT2D eigenvalue weighted by Crippen LogP contribution is 2.42. The molecule has 1 aliphatic rings. The Morgan fingerprint density at radius 1 is 1.26 bits per heavy atom. The topological polar surface area (TPSA) is 85.2 Å². The number of hydrogen-bond donors (Lipinski definition) is 1. The van der Waals surface area contributed by atoms with Gasteiger partial charge in [-0.3, -0.25) is 9.67 Å². The molecule has 7 nitrogen and oxygen atoms in total. The first-order valence-electron chi connectivity index (χ1n) is 7.81. The van der Waals surface area contributed by atoms with Crippen LogP contribution in [0.4, 0.5) is 0 Å². The lowest BCUT2D eigenvalue weighted by Crippen LogP contribution is -2.26. The Hall–Kier alpha value is -2.57. The van der Waals surface area contributed by atoms with E-state index in [0.29, 0.717) is 5.82 Å². The normalized spacial score (nSPS) is 16.3. The van der Waals surface area contributed by atoms with Crippen LogP contribution in [0, 0.1) is 0 Å². The van der Waals surface area contributed by atoms with Crippen molar-refractivity contribution < 1.29 is 0 Å². The standard InChI is InChI=1S/C16H19N7/c1-16(2)6-4-5-11-13(10-7-18-23(3)9-10)12(8-17-14(11)16)15-19-21-22-20-15/h7-9H,4-6H2,1-3H3,(H,19,20,21,22). The Labute approximate surface area is 134 Å². The molecule has 1 N–H and O–H groups in total. The summed E-state index contributed by atoms with van der Waals surface area (Å²) in [7, 11) is 1.93. The zero-order valence-corrected chi connectivity index (χ0v) is 13.5. The molecule has 0 bridgehead atoms. The molecule has 0 amide bonds. The van der Waals surface area contributed by atoms with Crippen molar-refractivity contribution in [1.82, 2.24) is 35.4 Å². The summed E-state index contributed by atoms with van der Waals surface area (Å²) >= 11 is 0. The molecule has 4 rings (SSSR count). The Morgan fingerprint density at radius 3 is 2.83 bits per heavy atom. The maximum Gasteiger partial charge on any atom is 0.206 e. The molecule has 0 aliphatic heterocycles. The first-order chi connectivity index (χ1) is 11.1. The highest BCUT2D eigenvalue weighted by atomic mass is 15.5. The predicted molar refractivity (Wildman–Crippen MR) is 85.6 cm³/mol. The molecule has 0 radical (unpaired) electrons. The van der Waals surface area contributed by atoms with Crippen LogP contribution < -0.4 is 0 Å². The molecule has 7 heteroatoms. The lowest BCUT2D eigenvalue weighted by atomic mass is 9.73. The van der Waals surface area contributed by atoms with Crippen LogP contribution in [-0.2, 0) is 18.9 Å². The Morgan fingerprint density at radius 2 is 2.13 bits per heavy atom. The average Bonchev–Trinajstić information content (AvgIpc) is 3.17. The molecule has 0 unspecified atom stereocenters. The fourth-order valence-electron chi connectivity index (χ4n) is 3.53. The van der Waals surface area contributed by atoms with Crippen LogP contribution in [0.1, 0.15) is 37.9 Å². The highest BCUT2D eigenvalue weighted by molar-refractivity contribution is 5.83. The maximum atomic E-state index is 4.77. The molecular formula is C16H19N7. The van der Waals surface area contributed by atoms with Crippen molar-refractivity contribution in [1.29, 1.82) is 0 Å². The molecule has 23 heavy (non-hydrogen) atoms. The molecule has 0 spiro atoms. The van der Waals surface area contributed by atoms with E-state index in [9.17, 15) is 0 Å². The molecule has 0 saturated carbocycles. The van der Waals surface area contributed by atoms with E-state index in [1.54, 1.807) is 0 Å². The number of hydrogen-bond acceptors (Lipinski definition) is 5. The fraction of sp³-hybridized carbons (Fsp3) is 0.438. The van der Waals surface area contributed by atoms with Gasteiger partial charge in [-0.2, -0.15) is 10.3 Å². The number of fused-ring (bicyclic) bond motifs is 1. The number of nitrogens with zero attached hydrogens (tertiary/aromatic N) is 6. The molecule has 1 aliphatic carbocycles. The van der Waals surface area contributed by atoms with Crippen LogP contribution in [0.2, 0.25) is 0 Å². The van der Waals surface area contributed by atoms with Gasteiger partial charge in [0, 0.05) is 47.2 Å². The quantitative estimate of drug-likeness (QED) is 0.785. The molecule has 3 aromatic rings. The van der Waals surface area contributed by atoms with Gasteiger partial charge < -0.3 is 0 Å². The summed E-state index contributed by atoms with van der Waals surface area (Å²) in [6.07, 6.45) is 9.12. The summed E-state index contributed by atoms with van der Waals surface area (Å²) in [4.78, 5) is 4.77. The van der Waals surface area contributed by atoms with Gasteiger partial charge in [0.1, 0.15) is 0 Å². The van der Waals surface area contributed by atoms with Gasteiger partial charge in [0.05, 0.1) is 6.20 Å². The number of rotatable bonds is 2. The summed E-state index contributed by atoms with van der Waals surface area (Å²) < 4.78 is 1.82. The first-order valence-corrected chi connectivity index (χ1v) is 7.81. The van der Waals surface area contributed by atoms with E-state index in [0.717, 1.165) is 36.0 Å². The summed E-state index contributed by atoms with van der Waals surface area (Å²) in [5.74, 6) is 0.572. The second-order valence-electron chi connectivity index (χ2n) is 6.75. The van der Waals surface area contributed by atoms with E-state index in [2.05, 4.69) is 39.6 Å². The number of tetrazole rings is 1. The van der Waals surface area contributed by atoms with Gasteiger partial charge >= 0.3 is 0 Å². The predicted octanol–water partition coefficient (Wildman–Crippen LogP) is 2.28. The first kappa shape index (κ1) is 14.0. The monoisotopic (exact) mass is 309 g/mol. The summed E-state index contributed by atoms with van der Waals surface area (Å²) in [5, 5.41) is 18.9. The van der Waals surface area contributed by atoms with Crippen molar-refractivity contribution in [2.24, 2.45) is 7.05 Å². The number of H-pyrrole nitrogens is 1. The van der Waals surface area contributed by atoms with Gasteiger partial charge in [-0.05, 0) is 30.0 Å². The van der Waals surface area contributed by atoms with E-state index in [-0.39, 0.29) is 5.41 Å². The minimum absolute atomic E-state index is 0.0837. The number of nitrogens with one attached hydrogen (secondary N) is 1. The zero-order chi connectivity index (χ0) is 16.0. The number of aromatic amines is 1. The SMILES string of the molecule is Cn1cc(-c2c(-c3nn[nH]n3)cnc3c2CCCC3(C)C)cn1. The third-order valence-electron chi connectivity index (χ3n) is 4.63. The van der Waals surface area contributed by atoms with Gasteiger partial charge in [-0.25, -0.2) is 0 Å². The van der Waals surface area contributed by atoms with E-state index in [1.807, 2.05) is 30.3 Å². The summed E-state index contributed by atoms with van der Waals surface area (Å²) in [6, 6.07) is 0. The van der Waals surface area contributed by atoms with Crippen LogP contribution in [0.3, 0.4) is 0 Å². The van der Waals surface area contributed by atoms with Crippen LogP contribution in [-0.4, -0.2) is 35.4 Å². The van der Waals surface area contributed by atoms with Gasteiger partial charge in [-0.15, -0.1) is 10.2 Å². The van der Waals surface area contributed by atoms with Crippen molar-refractivity contribution in [3.05, 3.63) is 29.8 Å². The van der Waals surface area contributed by atoms with Gasteiger partial charge in [0.2, 0.25) is 5.82 Å². The zero-order valence-electron chi connectivity index (χ0n) is 13.5. The van der Waals surface area contributed by atoms with E-state index < -0.39 is 0 Å². The Bertz CT molecular complexity index is 845. The van der Waals surface area contributed by atoms with Crippen LogP contribution >= 0.6 is 0 Å². The molecule has 0 atom stereocenters. The Balaban J connectivity index is 2.02. The lowest BCUT2D eigenvalue weighted by Gasteiger charge is -2.32. The molecule has 0 fully saturated rings. The largest absolute Gasteiger partial charge is 0.275 e. The highest BCUT2D eigenvalue weighted by Gasteiger charge is 2.32. The second-order valence-corrected chi connectivity index (χ2v) is 6.75. The lowest BCUT2D eigenvalue weighted by molar-refractivity contribution is 0.419. The number of aromatic nitrogens is 7. The van der Waals surface area contributed by atoms with Crippen LogP contribution in [0.15, 0.2) is 18.6 Å². The second kappa shape index (κ2) is 4.97. The fourth-order valence-corrected chi connectivity index (χ4v) is 3.53. The van der Waals surface area contributed by atoms with E-state index >= 15 is 0 Å². The van der Waals surface area contributed by atoms with E-state index in [4.69, 9.17) is 4.98 Å². The average molecular weight is 309 g/mol. The van der Waals surface area contributed by atoms with Crippen LogP contribution in [0.5, 0.6) is 0 Å². The van der Waals surface area contributed by atoms with Gasteiger partial charge in [0.15, 0.2) is 0 Å². The van der Waals surface area contributed by atoms with Gasteiger partial charge in [0.25, 0.3) is 0 Å². The molecule has 118 valence electrons. The molecule has 0 saturated heterocycles.